The highest BCUT2D eigenvalue weighted by Gasteiger charge is 1.94. The van der Waals surface area contributed by atoms with Crippen molar-refractivity contribution >= 4 is 5.91 Å². The van der Waals surface area contributed by atoms with E-state index in [4.69, 9.17) is 10.8 Å². The molecule has 3 heteroatoms. The van der Waals surface area contributed by atoms with Crippen molar-refractivity contribution in [3.63, 3.8) is 0 Å². The number of aliphatic hydroxyl groups excluding tert-OH is 1. The van der Waals surface area contributed by atoms with Crippen molar-refractivity contribution in [2.24, 2.45) is 5.73 Å². The number of hydrogen-bond acceptors (Lipinski definition) is 2. The number of carbonyl (C=O) groups is 1. The van der Waals surface area contributed by atoms with Crippen molar-refractivity contribution in [3.8, 4) is 0 Å². The third-order valence-electron chi connectivity index (χ3n) is 3.24. The van der Waals surface area contributed by atoms with Gasteiger partial charge in [-0.05, 0) is 38.5 Å². The van der Waals surface area contributed by atoms with Crippen molar-refractivity contribution in [1.82, 2.24) is 0 Å². The number of nitrogens with two attached hydrogens (primary N) is 1. The molecule has 0 unspecified atom stereocenters. The first-order valence-electron chi connectivity index (χ1n) is 7.81. The van der Waals surface area contributed by atoms with Gasteiger partial charge in [0.15, 0.2) is 0 Å². The van der Waals surface area contributed by atoms with Gasteiger partial charge in [0.05, 0.1) is 0 Å². The fourth-order valence-corrected chi connectivity index (χ4v) is 2.05. The van der Waals surface area contributed by atoms with Gasteiger partial charge in [0.25, 0.3) is 0 Å². The maximum absolute atomic E-state index is 10.5. The Hall–Kier alpha value is -0.830. The van der Waals surface area contributed by atoms with Crippen LogP contribution in [0.4, 0.5) is 0 Å². The van der Waals surface area contributed by atoms with Gasteiger partial charge in [0.2, 0.25) is 5.91 Å². The number of aliphatic hydroxyl groups is 1. The Balaban J connectivity index is 3.06. The summed E-state index contributed by atoms with van der Waals surface area (Å²) in [6, 6.07) is 0. The quantitative estimate of drug-likeness (QED) is 0.373. The van der Waals surface area contributed by atoms with Crippen LogP contribution in [0, 0.1) is 0 Å². The Kier molecular flexibility index (Phi) is 14.6. The summed E-state index contributed by atoms with van der Waals surface area (Å²) in [7, 11) is 0. The van der Waals surface area contributed by atoms with Crippen LogP contribution in [0.15, 0.2) is 12.2 Å². The van der Waals surface area contributed by atoms with Crippen LogP contribution in [0.5, 0.6) is 0 Å². The summed E-state index contributed by atoms with van der Waals surface area (Å²) in [4.78, 5) is 10.5. The van der Waals surface area contributed by atoms with E-state index in [1.165, 1.54) is 44.9 Å². The van der Waals surface area contributed by atoms with E-state index in [1.807, 2.05) is 0 Å². The van der Waals surface area contributed by atoms with Gasteiger partial charge in [0.1, 0.15) is 0 Å². The molecule has 3 N–H and O–H groups in total. The zero-order valence-corrected chi connectivity index (χ0v) is 12.3. The number of allylic oxidation sites excluding steroid dienone is 2. The fraction of sp³-hybridized carbons (Fsp3) is 0.812. The molecule has 0 spiro atoms. The van der Waals surface area contributed by atoms with Gasteiger partial charge in [-0.15, -0.1) is 0 Å². The Morgan fingerprint density at radius 3 is 1.79 bits per heavy atom. The molecular formula is C16H31NO2. The second kappa shape index (κ2) is 15.2. The predicted octanol–water partition coefficient (Wildman–Crippen LogP) is 3.70. The number of amides is 1. The molecular weight excluding hydrogens is 238 g/mol. The van der Waals surface area contributed by atoms with Gasteiger partial charge in [-0.25, -0.2) is 0 Å². The molecule has 0 aliphatic heterocycles. The molecule has 0 aliphatic rings. The van der Waals surface area contributed by atoms with Gasteiger partial charge in [-0.2, -0.15) is 0 Å². The van der Waals surface area contributed by atoms with E-state index in [1.54, 1.807) is 0 Å². The second-order valence-electron chi connectivity index (χ2n) is 5.17. The molecule has 0 heterocycles. The molecule has 0 radical (unpaired) electrons. The third kappa shape index (κ3) is 17.2. The molecule has 1 amide bonds. The maximum atomic E-state index is 10.5. The molecule has 19 heavy (non-hydrogen) atoms. The summed E-state index contributed by atoms with van der Waals surface area (Å²) < 4.78 is 0. The summed E-state index contributed by atoms with van der Waals surface area (Å²) in [6.07, 6.45) is 17.8. The van der Waals surface area contributed by atoms with Crippen LogP contribution in [0.1, 0.15) is 77.0 Å². The lowest BCUT2D eigenvalue weighted by atomic mass is 10.1. The van der Waals surface area contributed by atoms with E-state index in [2.05, 4.69) is 12.2 Å². The summed E-state index contributed by atoms with van der Waals surface area (Å²) >= 11 is 0. The number of rotatable bonds is 14. The fourth-order valence-electron chi connectivity index (χ4n) is 2.05. The van der Waals surface area contributed by atoms with Gasteiger partial charge in [0, 0.05) is 13.0 Å². The standard InChI is InChI=1S/C16H31NO2/c17-16(19)14-12-10-8-6-4-2-1-3-5-7-9-11-13-15-18/h1,3,18H,2,4-15H2,(H2,17,19)/b3-1+. The smallest absolute Gasteiger partial charge is 0.217 e. The first-order chi connectivity index (χ1) is 9.27. The average Bonchev–Trinajstić information content (AvgIpc) is 2.39. The van der Waals surface area contributed by atoms with E-state index in [0.29, 0.717) is 13.0 Å². The molecule has 0 saturated carbocycles. The van der Waals surface area contributed by atoms with Crippen molar-refractivity contribution < 1.29 is 9.90 Å². The highest BCUT2D eigenvalue weighted by molar-refractivity contribution is 5.73. The van der Waals surface area contributed by atoms with Gasteiger partial charge < -0.3 is 10.8 Å². The van der Waals surface area contributed by atoms with Crippen LogP contribution in [0.3, 0.4) is 0 Å². The summed E-state index contributed by atoms with van der Waals surface area (Å²) in [5.74, 6) is -0.179. The van der Waals surface area contributed by atoms with Gasteiger partial charge >= 0.3 is 0 Å². The Morgan fingerprint density at radius 2 is 1.26 bits per heavy atom. The number of unbranched alkanes of at least 4 members (excludes halogenated alkanes) is 9. The van der Waals surface area contributed by atoms with E-state index in [9.17, 15) is 4.79 Å². The van der Waals surface area contributed by atoms with Crippen molar-refractivity contribution in [2.75, 3.05) is 6.61 Å². The first-order valence-corrected chi connectivity index (χ1v) is 7.81. The van der Waals surface area contributed by atoms with Crippen LogP contribution in [0.2, 0.25) is 0 Å². The number of primary amides is 1. The highest BCUT2D eigenvalue weighted by atomic mass is 16.2. The van der Waals surface area contributed by atoms with E-state index in [-0.39, 0.29) is 5.91 Å². The molecule has 3 nitrogen and oxygen atoms in total. The van der Waals surface area contributed by atoms with Gasteiger partial charge in [-0.3, -0.25) is 4.79 Å². The lowest BCUT2D eigenvalue weighted by Crippen LogP contribution is -2.09. The first kappa shape index (κ1) is 18.2. The van der Waals surface area contributed by atoms with Crippen LogP contribution >= 0.6 is 0 Å². The topological polar surface area (TPSA) is 63.3 Å². The summed E-state index contributed by atoms with van der Waals surface area (Å²) in [5.41, 5.74) is 5.08. The predicted molar refractivity (Wildman–Crippen MR) is 80.8 cm³/mol. The van der Waals surface area contributed by atoms with E-state index in [0.717, 1.165) is 25.7 Å². The third-order valence-corrected chi connectivity index (χ3v) is 3.24. The molecule has 0 aromatic carbocycles. The second-order valence-corrected chi connectivity index (χ2v) is 5.17. The Bertz CT molecular complexity index is 227. The maximum Gasteiger partial charge on any atom is 0.217 e. The minimum Gasteiger partial charge on any atom is -0.396 e. The van der Waals surface area contributed by atoms with E-state index < -0.39 is 0 Å². The molecule has 0 saturated heterocycles. The molecule has 0 aliphatic carbocycles. The van der Waals surface area contributed by atoms with Crippen LogP contribution in [0.25, 0.3) is 0 Å². The van der Waals surface area contributed by atoms with Gasteiger partial charge in [-0.1, -0.05) is 44.3 Å². The Labute approximate surface area is 118 Å². The van der Waals surface area contributed by atoms with Crippen LogP contribution < -0.4 is 5.73 Å². The summed E-state index contributed by atoms with van der Waals surface area (Å²) in [6.45, 7) is 0.329. The summed E-state index contributed by atoms with van der Waals surface area (Å²) in [5, 5.41) is 8.63. The molecule has 0 bridgehead atoms. The van der Waals surface area contributed by atoms with Crippen molar-refractivity contribution in [3.05, 3.63) is 12.2 Å². The molecule has 0 aromatic rings. The lowest BCUT2D eigenvalue weighted by molar-refractivity contribution is -0.118. The monoisotopic (exact) mass is 269 g/mol. The molecule has 0 aromatic heterocycles. The Morgan fingerprint density at radius 1 is 0.789 bits per heavy atom. The van der Waals surface area contributed by atoms with E-state index >= 15 is 0 Å². The van der Waals surface area contributed by atoms with Crippen molar-refractivity contribution in [1.29, 1.82) is 0 Å². The molecule has 0 fully saturated rings. The lowest BCUT2D eigenvalue weighted by Gasteiger charge is -1.99. The zero-order chi connectivity index (χ0) is 14.2. The van der Waals surface area contributed by atoms with Crippen LogP contribution in [-0.4, -0.2) is 17.6 Å². The molecule has 0 atom stereocenters. The number of hydrogen-bond donors (Lipinski definition) is 2. The average molecular weight is 269 g/mol. The minimum absolute atomic E-state index is 0.179. The normalized spacial score (nSPS) is 11.2. The SMILES string of the molecule is NC(=O)CCCCCCC/C=C/CCCCCCO. The highest BCUT2D eigenvalue weighted by Crippen LogP contribution is 2.08. The zero-order valence-electron chi connectivity index (χ0n) is 12.3. The minimum atomic E-state index is -0.179. The number of carbonyl (C=O) groups excluding carboxylic acids is 1. The van der Waals surface area contributed by atoms with Crippen molar-refractivity contribution in [2.45, 2.75) is 77.0 Å². The molecule has 0 rings (SSSR count). The largest absolute Gasteiger partial charge is 0.396 e. The van der Waals surface area contributed by atoms with Crippen LogP contribution in [-0.2, 0) is 4.79 Å². The molecule has 112 valence electrons.